The molecular weight excluding hydrogens is 326 g/mol. The molecule has 0 aliphatic heterocycles. The van der Waals surface area contributed by atoms with Crippen LogP contribution in [0.25, 0.3) is 11.0 Å². The van der Waals surface area contributed by atoms with E-state index < -0.39 is 0 Å². The molecule has 0 atom stereocenters. The van der Waals surface area contributed by atoms with Crippen molar-refractivity contribution in [3.63, 3.8) is 0 Å². The van der Waals surface area contributed by atoms with Crippen LogP contribution in [-0.4, -0.2) is 15.9 Å². The monoisotopic (exact) mass is 335 g/mol. The third-order valence-corrected chi connectivity index (χ3v) is 4.19. The van der Waals surface area contributed by atoms with E-state index >= 15 is 0 Å². The van der Waals surface area contributed by atoms with E-state index in [1.165, 1.54) is 11.3 Å². The Morgan fingerprint density at radius 1 is 1.42 bits per heavy atom. The van der Waals surface area contributed by atoms with E-state index in [-0.39, 0.29) is 5.91 Å². The molecule has 19 heavy (non-hydrogen) atoms. The number of imidazole rings is 1. The summed E-state index contributed by atoms with van der Waals surface area (Å²) in [4.78, 5) is 19.5. The lowest BCUT2D eigenvalue weighted by molar-refractivity contribution is 0.102. The third-order valence-electron chi connectivity index (χ3n) is 2.69. The Labute approximate surface area is 122 Å². The van der Waals surface area contributed by atoms with Crippen molar-refractivity contribution in [1.29, 1.82) is 0 Å². The van der Waals surface area contributed by atoms with Gasteiger partial charge in [-0.2, -0.15) is 0 Å². The summed E-state index contributed by atoms with van der Waals surface area (Å²) in [6.45, 7) is 1.90. The van der Waals surface area contributed by atoms with E-state index in [4.69, 9.17) is 0 Å². The Kier molecular flexibility index (Phi) is 3.12. The highest BCUT2D eigenvalue weighted by Gasteiger charge is 2.09. The number of aromatic amines is 1. The lowest BCUT2D eigenvalue weighted by atomic mass is 10.2. The molecule has 1 amide bonds. The van der Waals surface area contributed by atoms with E-state index in [0.29, 0.717) is 5.56 Å². The number of nitrogens with one attached hydrogen (secondary N) is 2. The van der Waals surface area contributed by atoms with Crippen molar-refractivity contribution in [2.75, 3.05) is 5.32 Å². The van der Waals surface area contributed by atoms with Crippen LogP contribution in [0.5, 0.6) is 0 Å². The largest absolute Gasteiger partial charge is 0.342 e. The van der Waals surface area contributed by atoms with E-state index in [1.807, 2.05) is 30.5 Å². The van der Waals surface area contributed by atoms with E-state index in [1.54, 1.807) is 6.07 Å². The molecule has 3 rings (SSSR count). The van der Waals surface area contributed by atoms with Crippen molar-refractivity contribution in [2.24, 2.45) is 0 Å². The number of hydrogen-bond acceptors (Lipinski definition) is 3. The van der Waals surface area contributed by atoms with Gasteiger partial charge in [-0.25, -0.2) is 4.98 Å². The minimum absolute atomic E-state index is 0.113. The second-order valence-corrected chi connectivity index (χ2v) is 6.44. The first kappa shape index (κ1) is 12.4. The standard InChI is InChI=1S/C13H10BrN3OS/c1-7-15-10-3-2-9(5-11(10)16-7)17-13(18)8-4-12(14)19-6-8/h2-6H,1H3,(H,15,16)(H,17,18). The van der Waals surface area contributed by atoms with Gasteiger partial charge in [0.05, 0.1) is 20.4 Å². The van der Waals surface area contributed by atoms with Gasteiger partial charge in [-0.1, -0.05) is 0 Å². The lowest BCUT2D eigenvalue weighted by Gasteiger charge is -2.03. The molecule has 1 aromatic carbocycles. The van der Waals surface area contributed by atoms with Gasteiger partial charge in [0.2, 0.25) is 0 Å². The van der Waals surface area contributed by atoms with Gasteiger partial charge in [-0.15, -0.1) is 11.3 Å². The number of aromatic nitrogens is 2. The highest BCUT2D eigenvalue weighted by Crippen LogP contribution is 2.22. The van der Waals surface area contributed by atoms with Gasteiger partial charge >= 0.3 is 0 Å². The number of rotatable bonds is 2. The number of halogens is 1. The Balaban J connectivity index is 1.86. The Bertz CT molecular complexity index is 762. The molecule has 0 bridgehead atoms. The summed E-state index contributed by atoms with van der Waals surface area (Å²) in [6.07, 6.45) is 0. The zero-order chi connectivity index (χ0) is 13.4. The van der Waals surface area contributed by atoms with Crippen LogP contribution >= 0.6 is 27.3 Å². The molecule has 0 fully saturated rings. The fourth-order valence-electron chi connectivity index (χ4n) is 1.85. The number of carbonyl (C=O) groups is 1. The Morgan fingerprint density at radius 3 is 3.00 bits per heavy atom. The molecule has 0 spiro atoms. The summed E-state index contributed by atoms with van der Waals surface area (Å²) in [5, 5.41) is 4.69. The zero-order valence-corrected chi connectivity index (χ0v) is 12.4. The molecular formula is C13H10BrN3OS. The maximum atomic E-state index is 12.0. The first-order chi connectivity index (χ1) is 9.11. The fraction of sp³-hybridized carbons (Fsp3) is 0.0769. The molecule has 0 aliphatic carbocycles. The highest BCUT2D eigenvalue weighted by atomic mass is 79.9. The predicted octanol–water partition coefficient (Wildman–Crippen LogP) is 3.95. The molecule has 0 unspecified atom stereocenters. The second-order valence-electron chi connectivity index (χ2n) is 4.15. The fourth-order valence-corrected chi connectivity index (χ4v) is 2.98. The number of thiophene rings is 1. The number of benzene rings is 1. The first-order valence-electron chi connectivity index (χ1n) is 5.63. The van der Waals surface area contributed by atoms with Gasteiger partial charge in [0.15, 0.2) is 0 Å². The number of nitrogens with zero attached hydrogens (tertiary/aromatic N) is 1. The summed E-state index contributed by atoms with van der Waals surface area (Å²) in [5.74, 6) is 0.748. The first-order valence-corrected chi connectivity index (χ1v) is 7.31. The van der Waals surface area contributed by atoms with Gasteiger partial charge in [-0.3, -0.25) is 4.79 Å². The van der Waals surface area contributed by atoms with E-state index in [2.05, 4.69) is 31.2 Å². The summed E-state index contributed by atoms with van der Waals surface area (Å²) in [7, 11) is 0. The van der Waals surface area contributed by atoms with Crippen LogP contribution in [0, 0.1) is 6.92 Å². The molecule has 2 heterocycles. The van der Waals surface area contributed by atoms with Crippen LogP contribution in [0.3, 0.4) is 0 Å². The molecule has 6 heteroatoms. The highest BCUT2D eigenvalue weighted by molar-refractivity contribution is 9.11. The summed E-state index contributed by atoms with van der Waals surface area (Å²) in [5.41, 5.74) is 3.22. The topological polar surface area (TPSA) is 57.8 Å². The number of H-pyrrole nitrogens is 1. The van der Waals surface area contributed by atoms with Crippen molar-refractivity contribution >= 4 is 49.9 Å². The smallest absolute Gasteiger partial charge is 0.256 e. The molecule has 96 valence electrons. The van der Waals surface area contributed by atoms with Gasteiger partial charge in [0.1, 0.15) is 5.82 Å². The predicted molar refractivity (Wildman–Crippen MR) is 80.8 cm³/mol. The summed E-state index contributed by atoms with van der Waals surface area (Å²) < 4.78 is 0.942. The molecule has 0 saturated carbocycles. The number of anilines is 1. The molecule has 0 aliphatic rings. The average molecular weight is 336 g/mol. The molecule has 0 saturated heterocycles. The number of carbonyl (C=O) groups excluding carboxylic acids is 1. The SMILES string of the molecule is Cc1nc2ccc(NC(=O)c3csc(Br)c3)cc2[nH]1. The maximum Gasteiger partial charge on any atom is 0.256 e. The molecule has 2 N–H and O–H groups in total. The van der Waals surface area contributed by atoms with Crippen LogP contribution in [-0.2, 0) is 0 Å². The van der Waals surface area contributed by atoms with Gasteiger partial charge in [0.25, 0.3) is 5.91 Å². The van der Waals surface area contributed by atoms with E-state index in [0.717, 1.165) is 26.3 Å². The number of amides is 1. The van der Waals surface area contributed by atoms with Crippen LogP contribution in [0.2, 0.25) is 0 Å². The summed E-state index contributed by atoms with van der Waals surface area (Å²) >= 11 is 4.84. The van der Waals surface area contributed by atoms with E-state index in [9.17, 15) is 4.79 Å². The Morgan fingerprint density at radius 2 is 2.26 bits per heavy atom. The molecule has 3 aromatic rings. The normalized spacial score (nSPS) is 10.8. The molecule has 2 aromatic heterocycles. The Hall–Kier alpha value is -1.66. The maximum absolute atomic E-state index is 12.0. The van der Waals surface area contributed by atoms with Gasteiger partial charge < -0.3 is 10.3 Å². The summed E-state index contributed by atoms with van der Waals surface area (Å²) in [6, 6.07) is 7.42. The lowest BCUT2D eigenvalue weighted by Crippen LogP contribution is -2.10. The van der Waals surface area contributed by atoms with Crippen molar-refractivity contribution < 1.29 is 4.79 Å². The quantitative estimate of drug-likeness (QED) is 0.744. The van der Waals surface area contributed by atoms with Crippen molar-refractivity contribution in [2.45, 2.75) is 6.92 Å². The van der Waals surface area contributed by atoms with Gasteiger partial charge in [-0.05, 0) is 47.1 Å². The van der Waals surface area contributed by atoms with Crippen molar-refractivity contribution in [1.82, 2.24) is 9.97 Å². The second kappa shape index (κ2) is 4.79. The zero-order valence-electron chi connectivity index (χ0n) is 10.0. The molecule has 4 nitrogen and oxygen atoms in total. The molecule has 0 radical (unpaired) electrons. The van der Waals surface area contributed by atoms with Crippen LogP contribution in [0.1, 0.15) is 16.2 Å². The average Bonchev–Trinajstić information content (AvgIpc) is 2.93. The van der Waals surface area contributed by atoms with Crippen molar-refractivity contribution in [3.8, 4) is 0 Å². The van der Waals surface area contributed by atoms with Crippen LogP contribution in [0.4, 0.5) is 5.69 Å². The minimum Gasteiger partial charge on any atom is -0.342 e. The number of hydrogen-bond donors (Lipinski definition) is 2. The van der Waals surface area contributed by atoms with Crippen LogP contribution < -0.4 is 5.32 Å². The number of aryl methyl sites for hydroxylation is 1. The van der Waals surface area contributed by atoms with Crippen molar-refractivity contribution in [3.05, 3.63) is 44.8 Å². The minimum atomic E-state index is -0.113. The number of fused-ring (bicyclic) bond motifs is 1. The van der Waals surface area contributed by atoms with Gasteiger partial charge in [0, 0.05) is 11.1 Å². The third kappa shape index (κ3) is 2.54. The van der Waals surface area contributed by atoms with Crippen LogP contribution in [0.15, 0.2) is 33.4 Å².